The molecule has 10 nitrogen and oxygen atoms in total. The summed E-state index contributed by atoms with van der Waals surface area (Å²) in [6, 6.07) is 3.86. The summed E-state index contributed by atoms with van der Waals surface area (Å²) in [5.74, 6) is -0.970. The third-order valence-electron chi connectivity index (χ3n) is 3.43. The van der Waals surface area contributed by atoms with Crippen molar-refractivity contribution in [1.82, 2.24) is 15.3 Å². The summed E-state index contributed by atoms with van der Waals surface area (Å²) in [7, 11) is 1.26. The molecule has 0 saturated carbocycles. The van der Waals surface area contributed by atoms with E-state index in [0.717, 1.165) is 0 Å². The van der Waals surface area contributed by atoms with Gasteiger partial charge in [0.15, 0.2) is 0 Å². The van der Waals surface area contributed by atoms with E-state index in [1.54, 1.807) is 6.92 Å². The molecular weight excluding hydrogens is 380 g/mol. The zero-order chi connectivity index (χ0) is 20.1. The molecule has 0 spiro atoms. The van der Waals surface area contributed by atoms with Crippen LogP contribution in [0.25, 0.3) is 0 Å². The number of nitrogens with one attached hydrogen (secondary N) is 3. The number of benzene rings is 1. The van der Waals surface area contributed by atoms with E-state index in [1.165, 1.54) is 25.3 Å². The number of carbonyl (C=O) groups is 2. The van der Waals surface area contributed by atoms with Crippen molar-refractivity contribution in [3.05, 3.63) is 55.3 Å². The van der Waals surface area contributed by atoms with Crippen molar-refractivity contribution in [1.29, 1.82) is 0 Å². The van der Waals surface area contributed by atoms with Crippen LogP contribution in [0.5, 0.6) is 5.75 Å². The van der Waals surface area contributed by atoms with Crippen molar-refractivity contribution in [3.63, 3.8) is 0 Å². The molecule has 1 heterocycles. The molecule has 0 saturated heterocycles. The van der Waals surface area contributed by atoms with Crippen LogP contribution in [-0.2, 0) is 4.74 Å². The van der Waals surface area contributed by atoms with Crippen LogP contribution >= 0.6 is 11.6 Å². The number of H-pyrrole nitrogens is 2. The molecule has 0 aliphatic carbocycles. The zero-order valence-electron chi connectivity index (χ0n) is 14.4. The summed E-state index contributed by atoms with van der Waals surface area (Å²) < 4.78 is 10.1. The molecule has 2 aromatic rings. The Kier molecular flexibility index (Phi) is 6.24. The number of amides is 1. The molecule has 144 valence electrons. The topological polar surface area (TPSA) is 156 Å². The molecular formula is C16H17ClN4O6. The van der Waals surface area contributed by atoms with E-state index in [0.29, 0.717) is 5.75 Å². The average Bonchev–Trinajstić information content (AvgIpc) is 2.62. The van der Waals surface area contributed by atoms with E-state index in [2.05, 4.69) is 15.0 Å². The predicted octanol–water partition coefficient (Wildman–Crippen LogP) is 0.283. The van der Waals surface area contributed by atoms with Gasteiger partial charge in [-0.3, -0.25) is 14.6 Å². The fraction of sp³-hybridized carbons (Fsp3) is 0.250. The van der Waals surface area contributed by atoms with Crippen LogP contribution in [-0.4, -0.2) is 41.6 Å². The molecule has 0 unspecified atom stereocenters. The second kappa shape index (κ2) is 8.41. The molecule has 0 radical (unpaired) electrons. The van der Waals surface area contributed by atoms with Gasteiger partial charge in [0.25, 0.3) is 11.5 Å². The molecule has 0 aliphatic heterocycles. The second-order valence-corrected chi connectivity index (χ2v) is 5.93. The van der Waals surface area contributed by atoms with Crippen LogP contribution < -0.4 is 27.0 Å². The number of ether oxygens (including phenoxy) is 2. The third-order valence-corrected chi connectivity index (χ3v) is 3.72. The van der Waals surface area contributed by atoms with Crippen LogP contribution in [0.1, 0.15) is 27.8 Å². The molecule has 11 heteroatoms. The second-order valence-electron chi connectivity index (χ2n) is 5.52. The van der Waals surface area contributed by atoms with Gasteiger partial charge in [0.1, 0.15) is 23.7 Å². The predicted molar refractivity (Wildman–Crippen MR) is 97.3 cm³/mol. The minimum atomic E-state index is -0.856. The lowest BCUT2D eigenvalue weighted by Gasteiger charge is -2.16. The number of nitrogens with two attached hydrogens (primary N) is 1. The Bertz CT molecular complexity index is 984. The van der Waals surface area contributed by atoms with Crippen LogP contribution in [0, 0.1) is 0 Å². The zero-order valence-corrected chi connectivity index (χ0v) is 15.2. The van der Waals surface area contributed by atoms with E-state index in [1.807, 2.05) is 4.98 Å². The van der Waals surface area contributed by atoms with Crippen molar-refractivity contribution in [2.24, 2.45) is 0 Å². The van der Waals surface area contributed by atoms with Gasteiger partial charge in [-0.25, -0.2) is 9.59 Å². The van der Waals surface area contributed by atoms with Gasteiger partial charge in [0, 0.05) is 0 Å². The lowest BCUT2D eigenvalue weighted by Crippen LogP contribution is -2.40. The number of methoxy groups -OCH3 is 1. The molecule has 1 aromatic carbocycles. The minimum Gasteiger partial charge on any atom is -0.490 e. The summed E-state index contributed by atoms with van der Waals surface area (Å²) in [5.41, 5.74) is 3.33. The van der Waals surface area contributed by atoms with E-state index >= 15 is 0 Å². The van der Waals surface area contributed by atoms with Crippen molar-refractivity contribution in [2.75, 3.05) is 19.5 Å². The molecule has 1 atom stereocenters. The quantitative estimate of drug-likeness (QED) is 0.511. The first-order valence-corrected chi connectivity index (χ1v) is 8.04. The first kappa shape index (κ1) is 20.0. The van der Waals surface area contributed by atoms with Crippen LogP contribution in [0.2, 0.25) is 5.02 Å². The first-order valence-electron chi connectivity index (χ1n) is 7.66. The Balaban J connectivity index is 2.01. The number of aromatic nitrogens is 2. The number of anilines is 1. The molecule has 1 aromatic heterocycles. The van der Waals surface area contributed by atoms with Gasteiger partial charge in [-0.05, 0) is 25.1 Å². The van der Waals surface area contributed by atoms with Crippen molar-refractivity contribution in [3.8, 4) is 5.75 Å². The number of nitrogen functional groups attached to an aromatic ring is 1. The number of rotatable bonds is 6. The molecule has 0 fully saturated rings. The summed E-state index contributed by atoms with van der Waals surface area (Å²) in [6.45, 7) is 1.66. The highest BCUT2D eigenvalue weighted by Crippen LogP contribution is 2.25. The summed E-state index contributed by atoms with van der Waals surface area (Å²) in [4.78, 5) is 50.4. The van der Waals surface area contributed by atoms with Gasteiger partial charge in [0.2, 0.25) is 0 Å². The van der Waals surface area contributed by atoms with Gasteiger partial charge in [0.05, 0.1) is 23.7 Å². The smallest absolute Gasteiger partial charge is 0.337 e. The average molecular weight is 397 g/mol. The van der Waals surface area contributed by atoms with Gasteiger partial charge in [-0.15, -0.1) is 0 Å². The highest BCUT2D eigenvalue weighted by Gasteiger charge is 2.17. The molecule has 0 aliphatic rings. The maximum Gasteiger partial charge on any atom is 0.337 e. The SMILES string of the molecule is COC(=O)c1ccc(OC[C@@H](C)NC(=O)c2[nH]c(=O)[nH]c(=O)c2N)c(Cl)c1. The highest BCUT2D eigenvalue weighted by molar-refractivity contribution is 6.32. The number of halogens is 1. The normalized spacial score (nSPS) is 11.5. The van der Waals surface area contributed by atoms with Gasteiger partial charge in [-0.2, -0.15) is 0 Å². The van der Waals surface area contributed by atoms with Crippen molar-refractivity contribution < 1.29 is 19.1 Å². The number of hydrogen-bond acceptors (Lipinski definition) is 7. The number of carbonyl (C=O) groups excluding carboxylic acids is 2. The van der Waals surface area contributed by atoms with Crippen molar-refractivity contribution >= 4 is 29.2 Å². The molecule has 0 bridgehead atoms. The van der Waals surface area contributed by atoms with E-state index in [-0.39, 0.29) is 22.9 Å². The highest BCUT2D eigenvalue weighted by atomic mass is 35.5. The number of esters is 1. The van der Waals surface area contributed by atoms with E-state index < -0.39 is 34.9 Å². The number of hydrogen-bond donors (Lipinski definition) is 4. The largest absolute Gasteiger partial charge is 0.490 e. The van der Waals surface area contributed by atoms with Crippen LogP contribution in [0.15, 0.2) is 27.8 Å². The van der Waals surface area contributed by atoms with Crippen LogP contribution in [0.4, 0.5) is 5.69 Å². The van der Waals surface area contributed by atoms with Crippen molar-refractivity contribution in [2.45, 2.75) is 13.0 Å². The Labute approximate surface area is 157 Å². The van der Waals surface area contributed by atoms with Crippen LogP contribution in [0.3, 0.4) is 0 Å². The van der Waals surface area contributed by atoms with E-state index in [9.17, 15) is 19.2 Å². The summed E-state index contributed by atoms with van der Waals surface area (Å²) in [5, 5.41) is 2.73. The standard InChI is InChI=1S/C16H17ClN4O6/c1-7(19-14(23)12-11(18)13(22)21-16(25)20-12)6-27-10-4-3-8(5-9(10)17)15(24)26-2/h3-5,7H,6,18H2,1-2H3,(H,19,23)(H2,20,21,22,25)/t7-/m1/s1. The lowest BCUT2D eigenvalue weighted by atomic mass is 10.2. The summed E-state index contributed by atoms with van der Waals surface area (Å²) in [6.07, 6.45) is 0. The van der Waals surface area contributed by atoms with Gasteiger partial charge < -0.3 is 25.5 Å². The summed E-state index contributed by atoms with van der Waals surface area (Å²) >= 11 is 6.06. The molecule has 5 N–H and O–H groups in total. The van der Waals surface area contributed by atoms with E-state index in [4.69, 9.17) is 22.1 Å². The fourth-order valence-corrected chi connectivity index (χ4v) is 2.33. The third kappa shape index (κ3) is 4.88. The first-order chi connectivity index (χ1) is 12.7. The number of aromatic amines is 2. The molecule has 27 heavy (non-hydrogen) atoms. The lowest BCUT2D eigenvalue weighted by molar-refractivity contribution is 0.0600. The Hall–Kier alpha value is -3.27. The molecule has 1 amide bonds. The van der Waals surface area contributed by atoms with Gasteiger partial charge >= 0.3 is 11.7 Å². The fourth-order valence-electron chi connectivity index (χ4n) is 2.09. The Morgan fingerprint density at radius 2 is 2.00 bits per heavy atom. The maximum absolute atomic E-state index is 12.2. The minimum absolute atomic E-state index is 0.0242. The Morgan fingerprint density at radius 1 is 1.30 bits per heavy atom. The Morgan fingerprint density at radius 3 is 2.63 bits per heavy atom. The van der Waals surface area contributed by atoms with Gasteiger partial charge in [-0.1, -0.05) is 11.6 Å². The monoisotopic (exact) mass is 396 g/mol. The maximum atomic E-state index is 12.2. The molecule has 2 rings (SSSR count).